The van der Waals surface area contributed by atoms with Crippen LogP contribution in [0.15, 0.2) is 10.2 Å². The Morgan fingerprint density at radius 3 is 2.84 bits per heavy atom. The van der Waals surface area contributed by atoms with Crippen molar-refractivity contribution in [3.63, 3.8) is 0 Å². The fraction of sp³-hybridized carbons (Fsp3) is 0.786. The van der Waals surface area contributed by atoms with Crippen LogP contribution >= 0.6 is 8.96 Å². The van der Waals surface area contributed by atoms with E-state index in [-0.39, 0.29) is 11.4 Å². The Hall–Kier alpha value is 0.250. The molecule has 108 valence electrons. The Morgan fingerprint density at radius 1 is 1.53 bits per heavy atom. The van der Waals surface area contributed by atoms with Crippen LogP contribution in [0.3, 0.4) is 0 Å². The molecule has 0 aromatic carbocycles. The molecule has 1 spiro atoms. The molecule has 3 nitrogen and oxygen atoms in total. The van der Waals surface area contributed by atoms with E-state index < -0.39 is 17.5 Å². The van der Waals surface area contributed by atoms with Gasteiger partial charge in [0.2, 0.25) is 0 Å². The van der Waals surface area contributed by atoms with Crippen molar-refractivity contribution in [1.82, 2.24) is 0 Å². The van der Waals surface area contributed by atoms with Crippen molar-refractivity contribution in [2.24, 2.45) is 16.7 Å². The van der Waals surface area contributed by atoms with Crippen molar-refractivity contribution in [2.75, 3.05) is 7.11 Å². The number of hydrogen-bond acceptors (Lipinski definition) is 3. The van der Waals surface area contributed by atoms with Gasteiger partial charge in [0, 0.05) is 0 Å². The predicted octanol–water partition coefficient (Wildman–Crippen LogP) is 3.16. The molecule has 5 heteroatoms. The monoisotopic (exact) mass is 402 g/mol. The number of rotatable bonds is 2. The number of carbonyl (C=O) groups excluding carboxylic acids is 1. The van der Waals surface area contributed by atoms with E-state index >= 15 is 0 Å². The summed E-state index contributed by atoms with van der Waals surface area (Å²) in [6.45, 7) is 4.76. The summed E-state index contributed by atoms with van der Waals surface area (Å²) in [4.78, 5) is 11.2. The van der Waals surface area contributed by atoms with Crippen molar-refractivity contribution in [3.8, 4) is 0 Å². The van der Waals surface area contributed by atoms with Gasteiger partial charge in [-0.3, -0.25) is 0 Å². The molecule has 0 radical (unpaired) electrons. The molecule has 3 rings (SSSR count). The van der Waals surface area contributed by atoms with E-state index in [0.717, 1.165) is 16.8 Å². The van der Waals surface area contributed by atoms with Crippen LogP contribution in [0.25, 0.3) is 0 Å². The number of methoxy groups -OCH3 is 1. The standard InChI is InChI=1S/C14H21ClO3Te/c1-13(2)10-4-6-14(13)9-19(15,18-11(14)8-10)7-5-12(16)17-3/h5,7,10-11H,4,6,8-9H2,1-3H3/b7-5-/t10-,11-,14-/m1/s1. The van der Waals surface area contributed by atoms with Gasteiger partial charge in [-0.15, -0.1) is 0 Å². The van der Waals surface area contributed by atoms with E-state index in [2.05, 4.69) is 18.6 Å². The van der Waals surface area contributed by atoms with Gasteiger partial charge in [-0.2, -0.15) is 0 Å². The van der Waals surface area contributed by atoms with Crippen molar-refractivity contribution < 1.29 is 12.6 Å². The fourth-order valence-corrected chi connectivity index (χ4v) is 14.0. The molecule has 1 saturated heterocycles. The van der Waals surface area contributed by atoms with E-state index in [9.17, 15) is 4.79 Å². The molecule has 1 aliphatic heterocycles. The first-order chi connectivity index (χ1) is 8.83. The Kier molecular flexibility index (Phi) is 3.27. The van der Waals surface area contributed by atoms with Crippen molar-refractivity contribution in [2.45, 2.75) is 43.7 Å². The summed E-state index contributed by atoms with van der Waals surface area (Å²) in [5, 5.41) is 0. The summed E-state index contributed by atoms with van der Waals surface area (Å²) in [5.41, 5.74) is 0.598. The van der Waals surface area contributed by atoms with Crippen molar-refractivity contribution in [1.29, 1.82) is 0 Å². The predicted molar refractivity (Wildman–Crippen MR) is 76.0 cm³/mol. The van der Waals surface area contributed by atoms with Crippen LogP contribution in [-0.4, -0.2) is 36.7 Å². The molecule has 0 unspecified atom stereocenters. The zero-order chi connectivity index (χ0) is 13.9. The minimum absolute atomic E-state index is 0.265. The second kappa shape index (κ2) is 4.37. The molecule has 0 amide bonds. The molecule has 2 bridgehead atoms. The van der Waals surface area contributed by atoms with E-state index in [4.69, 9.17) is 12.1 Å². The molecule has 19 heavy (non-hydrogen) atoms. The number of carbonyl (C=O) groups is 1. The van der Waals surface area contributed by atoms with Gasteiger partial charge in [-0.1, -0.05) is 0 Å². The van der Waals surface area contributed by atoms with Gasteiger partial charge < -0.3 is 0 Å². The second-order valence-electron chi connectivity index (χ2n) is 6.55. The van der Waals surface area contributed by atoms with Crippen molar-refractivity contribution >= 4 is 32.4 Å². The molecule has 1 heterocycles. The van der Waals surface area contributed by atoms with Crippen LogP contribution in [0.5, 0.6) is 0 Å². The Labute approximate surface area is 122 Å². The van der Waals surface area contributed by atoms with Crippen LogP contribution in [0.4, 0.5) is 0 Å². The Bertz CT molecular complexity index is 450. The quantitative estimate of drug-likeness (QED) is 0.406. The summed E-state index contributed by atoms with van der Waals surface area (Å²) >= 11 is -3.01. The third-order valence-corrected chi connectivity index (χ3v) is 13.3. The first-order valence-electron chi connectivity index (χ1n) is 6.78. The van der Waals surface area contributed by atoms with Crippen molar-refractivity contribution in [3.05, 3.63) is 10.2 Å². The summed E-state index contributed by atoms with van der Waals surface area (Å²) in [6, 6.07) is 0. The molecule has 0 aromatic rings. The Morgan fingerprint density at radius 2 is 2.26 bits per heavy atom. The first-order valence-corrected chi connectivity index (χ1v) is 13.7. The summed E-state index contributed by atoms with van der Waals surface area (Å²) in [7, 11) is 8.14. The second-order valence-corrected chi connectivity index (χ2v) is 15.9. The van der Waals surface area contributed by atoms with Gasteiger partial charge in [0.1, 0.15) is 0 Å². The molecule has 4 atom stereocenters. The maximum absolute atomic E-state index is 11.2. The molecule has 3 aliphatic rings. The number of hydrogen-bond donors (Lipinski definition) is 0. The van der Waals surface area contributed by atoms with E-state index in [1.807, 2.05) is 4.12 Å². The number of ether oxygens (including phenoxy) is 1. The molecule has 2 aliphatic carbocycles. The average Bonchev–Trinajstić information content (AvgIpc) is 2.86. The summed E-state index contributed by atoms with van der Waals surface area (Å²) < 4.78 is 13.8. The molecule has 2 saturated carbocycles. The zero-order valence-corrected chi connectivity index (χ0v) is 14.7. The van der Waals surface area contributed by atoms with Gasteiger partial charge in [-0.25, -0.2) is 0 Å². The zero-order valence-electron chi connectivity index (χ0n) is 11.6. The number of halogens is 1. The number of fused-ring (bicyclic) bond motifs is 1. The summed E-state index contributed by atoms with van der Waals surface area (Å²) in [6.07, 6.45) is 5.48. The summed E-state index contributed by atoms with van der Waals surface area (Å²) in [5.74, 6) is 0.444. The van der Waals surface area contributed by atoms with Crippen LogP contribution in [0.2, 0.25) is 4.47 Å². The SMILES string of the molecule is COC(=O)/C=C\[Te@]1(Cl)C[C@]23CC[C@H](C[C@H]2O1)C3(C)C. The van der Waals surface area contributed by atoms with E-state index in [0.29, 0.717) is 11.5 Å². The topological polar surface area (TPSA) is 35.5 Å². The molecule has 0 N–H and O–H groups in total. The third kappa shape index (κ3) is 1.91. The minimum atomic E-state index is -3.01. The molecular formula is C14H21ClO3Te. The van der Waals surface area contributed by atoms with Crippen LogP contribution in [0.1, 0.15) is 33.1 Å². The molecular weight excluding hydrogens is 379 g/mol. The van der Waals surface area contributed by atoms with E-state index in [1.165, 1.54) is 26.0 Å². The van der Waals surface area contributed by atoms with Crippen LogP contribution < -0.4 is 0 Å². The van der Waals surface area contributed by atoms with Crippen LogP contribution in [0, 0.1) is 16.7 Å². The van der Waals surface area contributed by atoms with Gasteiger partial charge in [0.25, 0.3) is 0 Å². The number of esters is 1. The van der Waals surface area contributed by atoms with Gasteiger partial charge in [0.15, 0.2) is 0 Å². The maximum atomic E-state index is 11.2. The fourth-order valence-electron chi connectivity index (χ4n) is 4.36. The van der Waals surface area contributed by atoms with Gasteiger partial charge >= 0.3 is 123 Å². The molecule has 3 fully saturated rings. The average molecular weight is 400 g/mol. The van der Waals surface area contributed by atoms with Crippen LogP contribution in [-0.2, 0) is 12.6 Å². The van der Waals surface area contributed by atoms with Gasteiger partial charge in [0.05, 0.1) is 0 Å². The third-order valence-electron chi connectivity index (χ3n) is 5.70. The molecule has 0 aromatic heterocycles. The van der Waals surface area contributed by atoms with Gasteiger partial charge in [-0.05, 0) is 0 Å². The normalized spacial score (nSPS) is 46.7. The Balaban J connectivity index is 1.84. The first kappa shape index (κ1) is 14.2. The van der Waals surface area contributed by atoms with E-state index in [1.54, 1.807) is 0 Å².